The number of aryl methyl sites for hydroxylation is 1. The van der Waals surface area contributed by atoms with E-state index in [1.807, 2.05) is 47.4 Å². The highest BCUT2D eigenvalue weighted by Crippen LogP contribution is 2.27. The van der Waals surface area contributed by atoms with E-state index >= 15 is 0 Å². The molecule has 0 bridgehead atoms. The molecule has 31 heavy (non-hydrogen) atoms. The van der Waals surface area contributed by atoms with Crippen LogP contribution in [0.5, 0.6) is 0 Å². The third kappa shape index (κ3) is 5.97. The number of carbonyl (C=O) groups is 2. The standard InChI is InChI=1S/C25H33N3O3/c29-24(13-11-22-10-12-23(31-22)20-6-2-1-3-7-20)26-14-15-27-16-18-28(19-17-27)25(30)21-8-4-5-9-21/h1-3,6-7,10,12,21H,4-5,8-9,11,13-19H2,(H,26,29). The van der Waals surface area contributed by atoms with Crippen molar-refractivity contribution >= 4 is 11.8 Å². The lowest BCUT2D eigenvalue weighted by molar-refractivity contribution is -0.137. The van der Waals surface area contributed by atoms with Gasteiger partial charge in [0, 0.05) is 63.6 Å². The van der Waals surface area contributed by atoms with Gasteiger partial charge in [-0.1, -0.05) is 43.2 Å². The lowest BCUT2D eigenvalue weighted by atomic mass is 10.1. The molecular formula is C25H33N3O3. The van der Waals surface area contributed by atoms with Gasteiger partial charge in [0.25, 0.3) is 0 Å². The molecule has 2 heterocycles. The van der Waals surface area contributed by atoms with E-state index in [2.05, 4.69) is 10.2 Å². The highest BCUT2D eigenvalue weighted by molar-refractivity contribution is 5.79. The molecule has 2 aromatic rings. The van der Waals surface area contributed by atoms with E-state index in [9.17, 15) is 9.59 Å². The summed E-state index contributed by atoms with van der Waals surface area (Å²) in [5, 5.41) is 3.01. The van der Waals surface area contributed by atoms with Crippen LogP contribution in [0.1, 0.15) is 37.9 Å². The van der Waals surface area contributed by atoms with Crippen LogP contribution in [0.2, 0.25) is 0 Å². The smallest absolute Gasteiger partial charge is 0.225 e. The molecule has 6 nitrogen and oxygen atoms in total. The van der Waals surface area contributed by atoms with E-state index in [0.29, 0.717) is 25.3 Å². The van der Waals surface area contributed by atoms with Crippen molar-refractivity contribution in [2.45, 2.75) is 38.5 Å². The zero-order chi connectivity index (χ0) is 21.5. The summed E-state index contributed by atoms with van der Waals surface area (Å²) in [4.78, 5) is 29.1. The Kier molecular flexibility index (Phi) is 7.41. The summed E-state index contributed by atoms with van der Waals surface area (Å²) in [6, 6.07) is 13.9. The van der Waals surface area contributed by atoms with E-state index in [4.69, 9.17) is 4.42 Å². The van der Waals surface area contributed by atoms with Crippen LogP contribution in [0.15, 0.2) is 46.9 Å². The Hall–Kier alpha value is -2.60. The maximum absolute atomic E-state index is 12.5. The summed E-state index contributed by atoms with van der Waals surface area (Å²) < 4.78 is 5.87. The minimum absolute atomic E-state index is 0.0488. The van der Waals surface area contributed by atoms with Crippen LogP contribution in [-0.2, 0) is 16.0 Å². The van der Waals surface area contributed by atoms with Crippen LogP contribution < -0.4 is 5.32 Å². The molecule has 0 spiro atoms. The normalized spacial score (nSPS) is 17.7. The second-order valence-electron chi connectivity index (χ2n) is 8.63. The molecule has 2 amide bonds. The Labute approximate surface area is 184 Å². The second-order valence-corrected chi connectivity index (χ2v) is 8.63. The predicted molar refractivity (Wildman–Crippen MR) is 120 cm³/mol. The van der Waals surface area contributed by atoms with Crippen molar-refractivity contribution < 1.29 is 14.0 Å². The van der Waals surface area contributed by atoms with E-state index in [1.165, 1.54) is 12.8 Å². The number of nitrogens with zero attached hydrogens (tertiary/aromatic N) is 2. The Morgan fingerprint density at radius 3 is 2.45 bits per heavy atom. The maximum atomic E-state index is 12.5. The van der Waals surface area contributed by atoms with Crippen LogP contribution in [0.4, 0.5) is 0 Å². The van der Waals surface area contributed by atoms with Gasteiger partial charge in [-0.15, -0.1) is 0 Å². The average molecular weight is 424 g/mol. The Balaban J connectivity index is 1.11. The molecule has 6 heteroatoms. The molecule has 2 fully saturated rings. The third-order valence-corrected chi connectivity index (χ3v) is 6.46. The van der Waals surface area contributed by atoms with E-state index < -0.39 is 0 Å². The van der Waals surface area contributed by atoms with Crippen molar-refractivity contribution in [3.8, 4) is 11.3 Å². The first-order valence-electron chi connectivity index (χ1n) is 11.6. The largest absolute Gasteiger partial charge is 0.461 e. The fourth-order valence-electron chi connectivity index (χ4n) is 4.57. The number of hydrogen-bond acceptors (Lipinski definition) is 4. The molecule has 0 unspecified atom stereocenters. The van der Waals surface area contributed by atoms with Crippen LogP contribution >= 0.6 is 0 Å². The van der Waals surface area contributed by atoms with Gasteiger partial charge in [-0.25, -0.2) is 0 Å². The van der Waals surface area contributed by atoms with Gasteiger partial charge in [0.15, 0.2) is 0 Å². The maximum Gasteiger partial charge on any atom is 0.225 e. The number of piperazine rings is 1. The minimum Gasteiger partial charge on any atom is -0.461 e. The van der Waals surface area contributed by atoms with Gasteiger partial charge in [0.2, 0.25) is 11.8 Å². The number of amides is 2. The lowest BCUT2D eigenvalue weighted by Gasteiger charge is -2.36. The highest BCUT2D eigenvalue weighted by Gasteiger charge is 2.29. The summed E-state index contributed by atoms with van der Waals surface area (Å²) in [5.41, 5.74) is 1.04. The molecule has 1 saturated carbocycles. The highest BCUT2D eigenvalue weighted by atomic mass is 16.3. The monoisotopic (exact) mass is 423 g/mol. The fraction of sp³-hybridized carbons (Fsp3) is 0.520. The Morgan fingerprint density at radius 1 is 0.968 bits per heavy atom. The van der Waals surface area contributed by atoms with Crippen LogP contribution in [0.3, 0.4) is 0 Å². The average Bonchev–Trinajstić information content (AvgIpc) is 3.51. The van der Waals surface area contributed by atoms with Gasteiger partial charge in [-0.3, -0.25) is 14.5 Å². The van der Waals surface area contributed by atoms with Crippen LogP contribution in [0.25, 0.3) is 11.3 Å². The Bertz CT molecular complexity index is 850. The van der Waals surface area contributed by atoms with Gasteiger partial charge in [-0.2, -0.15) is 0 Å². The SMILES string of the molecule is O=C(CCc1ccc(-c2ccccc2)o1)NCCN1CCN(C(=O)C2CCCC2)CC1. The summed E-state index contributed by atoms with van der Waals surface area (Å²) in [6.45, 7) is 4.88. The first-order valence-corrected chi connectivity index (χ1v) is 11.6. The molecular weight excluding hydrogens is 390 g/mol. The summed E-state index contributed by atoms with van der Waals surface area (Å²) in [5.74, 6) is 2.34. The molecule has 1 aliphatic carbocycles. The molecule has 0 atom stereocenters. The van der Waals surface area contributed by atoms with E-state index in [1.54, 1.807) is 0 Å². The molecule has 0 radical (unpaired) electrons. The van der Waals surface area contributed by atoms with Crippen molar-refractivity contribution in [3.05, 3.63) is 48.2 Å². The molecule has 1 aromatic heterocycles. The van der Waals surface area contributed by atoms with Gasteiger partial charge in [0.05, 0.1) is 0 Å². The Morgan fingerprint density at radius 2 is 1.71 bits per heavy atom. The number of hydrogen-bond donors (Lipinski definition) is 1. The van der Waals surface area contributed by atoms with Crippen LogP contribution in [0, 0.1) is 5.92 Å². The van der Waals surface area contributed by atoms with Gasteiger partial charge >= 0.3 is 0 Å². The second kappa shape index (κ2) is 10.6. The van der Waals surface area contributed by atoms with Crippen LogP contribution in [-0.4, -0.2) is 60.9 Å². The van der Waals surface area contributed by atoms with Gasteiger partial charge in [0.1, 0.15) is 11.5 Å². The number of benzene rings is 1. The van der Waals surface area contributed by atoms with Crippen molar-refractivity contribution in [2.24, 2.45) is 5.92 Å². The molecule has 166 valence electrons. The lowest BCUT2D eigenvalue weighted by Crippen LogP contribution is -2.51. The zero-order valence-electron chi connectivity index (χ0n) is 18.2. The van der Waals surface area contributed by atoms with E-state index in [-0.39, 0.29) is 11.8 Å². The first-order chi connectivity index (χ1) is 15.2. The topological polar surface area (TPSA) is 65.8 Å². The fourth-order valence-corrected chi connectivity index (χ4v) is 4.57. The predicted octanol–water partition coefficient (Wildman–Crippen LogP) is 3.33. The van der Waals surface area contributed by atoms with Crippen molar-refractivity contribution in [2.75, 3.05) is 39.3 Å². The molecule has 1 aliphatic heterocycles. The molecule has 1 saturated heterocycles. The first kappa shape index (κ1) is 21.6. The van der Waals surface area contributed by atoms with Crippen molar-refractivity contribution in [3.63, 3.8) is 0 Å². The number of rotatable bonds is 8. The molecule has 1 aromatic carbocycles. The van der Waals surface area contributed by atoms with Crippen molar-refractivity contribution in [1.29, 1.82) is 0 Å². The summed E-state index contributed by atoms with van der Waals surface area (Å²) in [7, 11) is 0. The number of nitrogens with one attached hydrogen (secondary N) is 1. The number of carbonyl (C=O) groups excluding carboxylic acids is 2. The van der Waals surface area contributed by atoms with Gasteiger partial charge in [-0.05, 0) is 25.0 Å². The van der Waals surface area contributed by atoms with Crippen molar-refractivity contribution in [1.82, 2.24) is 15.1 Å². The summed E-state index contributed by atoms with van der Waals surface area (Å²) >= 11 is 0. The minimum atomic E-state index is 0.0488. The zero-order valence-corrected chi connectivity index (χ0v) is 18.2. The number of furan rings is 1. The van der Waals surface area contributed by atoms with Gasteiger partial charge < -0.3 is 14.6 Å². The summed E-state index contributed by atoms with van der Waals surface area (Å²) in [6.07, 6.45) is 5.55. The third-order valence-electron chi connectivity index (χ3n) is 6.46. The van der Waals surface area contributed by atoms with E-state index in [0.717, 1.165) is 62.6 Å². The molecule has 4 rings (SSSR count). The molecule has 2 aliphatic rings. The molecule has 1 N–H and O–H groups in total. The quantitative estimate of drug-likeness (QED) is 0.707.